The molecule has 0 aliphatic carbocycles. The molecular weight excluding hydrogens is 381 g/mol. The van der Waals surface area contributed by atoms with Gasteiger partial charge in [0.05, 0.1) is 6.54 Å². The largest absolute Gasteiger partial charge is 0.305 e. The molecule has 25 heavy (non-hydrogen) atoms. The van der Waals surface area contributed by atoms with Crippen molar-refractivity contribution < 1.29 is 4.79 Å². The van der Waals surface area contributed by atoms with E-state index in [4.69, 9.17) is 34.8 Å². The van der Waals surface area contributed by atoms with E-state index in [1.54, 1.807) is 53.2 Å². The number of nitrogens with one attached hydrogen (secondary N) is 1. The van der Waals surface area contributed by atoms with E-state index in [1.165, 1.54) is 0 Å². The molecule has 2 aromatic carbocycles. The maximum Gasteiger partial charge on any atom is 0.256 e. The number of halogens is 3. The molecule has 0 unspecified atom stereocenters. The van der Waals surface area contributed by atoms with Gasteiger partial charge in [-0.25, -0.2) is 0 Å². The zero-order valence-corrected chi connectivity index (χ0v) is 15.5. The van der Waals surface area contributed by atoms with Crippen LogP contribution in [0.25, 0.3) is 0 Å². The SMILES string of the molecule is Cc1cc(NC(=O)c2ccc(Cl)cc2)nn1Cc1c(Cl)cccc1Cl. The van der Waals surface area contributed by atoms with E-state index in [9.17, 15) is 4.79 Å². The number of nitrogens with zero attached hydrogens (tertiary/aromatic N) is 2. The highest BCUT2D eigenvalue weighted by Crippen LogP contribution is 2.26. The molecule has 0 aliphatic heterocycles. The van der Waals surface area contributed by atoms with Gasteiger partial charge < -0.3 is 5.32 Å². The first-order valence-electron chi connectivity index (χ1n) is 7.48. The van der Waals surface area contributed by atoms with Gasteiger partial charge in [-0.15, -0.1) is 0 Å². The Labute approximate surface area is 160 Å². The Morgan fingerprint density at radius 2 is 1.72 bits per heavy atom. The molecule has 0 atom stereocenters. The first-order chi connectivity index (χ1) is 11.9. The zero-order valence-electron chi connectivity index (χ0n) is 13.3. The number of amides is 1. The molecule has 1 N–H and O–H groups in total. The fraction of sp³-hybridized carbons (Fsp3) is 0.111. The van der Waals surface area contributed by atoms with Gasteiger partial charge in [0.15, 0.2) is 5.82 Å². The van der Waals surface area contributed by atoms with Crippen molar-refractivity contribution in [2.75, 3.05) is 5.32 Å². The number of benzene rings is 2. The lowest BCUT2D eigenvalue weighted by Crippen LogP contribution is -2.13. The van der Waals surface area contributed by atoms with Crippen LogP contribution in [0.2, 0.25) is 15.1 Å². The van der Waals surface area contributed by atoms with E-state index in [0.717, 1.165) is 11.3 Å². The lowest BCUT2D eigenvalue weighted by molar-refractivity contribution is 0.102. The highest BCUT2D eigenvalue weighted by molar-refractivity contribution is 6.36. The molecule has 1 aromatic heterocycles. The maximum absolute atomic E-state index is 12.3. The minimum absolute atomic E-state index is 0.253. The Morgan fingerprint density at radius 3 is 2.36 bits per heavy atom. The molecule has 1 heterocycles. The topological polar surface area (TPSA) is 46.9 Å². The second-order valence-electron chi connectivity index (χ2n) is 5.49. The van der Waals surface area contributed by atoms with Crippen LogP contribution in [0.5, 0.6) is 0 Å². The van der Waals surface area contributed by atoms with E-state index in [-0.39, 0.29) is 5.91 Å². The van der Waals surface area contributed by atoms with E-state index >= 15 is 0 Å². The van der Waals surface area contributed by atoms with Crippen molar-refractivity contribution in [2.45, 2.75) is 13.5 Å². The van der Waals surface area contributed by atoms with Gasteiger partial charge >= 0.3 is 0 Å². The van der Waals surface area contributed by atoms with Gasteiger partial charge in [-0.1, -0.05) is 40.9 Å². The van der Waals surface area contributed by atoms with Crippen molar-refractivity contribution in [3.63, 3.8) is 0 Å². The Balaban J connectivity index is 1.78. The minimum Gasteiger partial charge on any atom is -0.305 e. The smallest absolute Gasteiger partial charge is 0.256 e. The van der Waals surface area contributed by atoms with Gasteiger partial charge in [-0.2, -0.15) is 5.10 Å². The molecule has 0 bridgehead atoms. The van der Waals surface area contributed by atoms with Gasteiger partial charge in [0.1, 0.15) is 0 Å². The predicted octanol–water partition coefficient (Wildman–Crippen LogP) is 5.45. The summed E-state index contributed by atoms with van der Waals surface area (Å²) in [4.78, 5) is 12.3. The van der Waals surface area contributed by atoms with Crippen LogP contribution in [0.3, 0.4) is 0 Å². The first-order valence-corrected chi connectivity index (χ1v) is 8.61. The number of rotatable bonds is 4. The number of hydrogen-bond donors (Lipinski definition) is 1. The van der Waals surface area contributed by atoms with Crippen molar-refractivity contribution in [3.8, 4) is 0 Å². The molecule has 0 saturated carbocycles. The lowest BCUT2D eigenvalue weighted by atomic mass is 10.2. The second-order valence-corrected chi connectivity index (χ2v) is 6.74. The number of hydrogen-bond acceptors (Lipinski definition) is 2. The Hall–Kier alpha value is -2.01. The highest BCUT2D eigenvalue weighted by atomic mass is 35.5. The third-order valence-electron chi connectivity index (χ3n) is 3.70. The van der Waals surface area contributed by atoms with Gasteiger partial charge in [0.25, 0.3) is 5.91 Å². The third-order valence-corrected chi connectivity index (χ3v) is 4.66. The third kappa shape index (κ3) is 4.15. The monoisotopic (exact) mass is 393 g/mol. The molecule has 3 aromatic rings. The number of aromatic nitrogens is 2. The van der Waals surface area contributed by atoms with Gasteiger partial charge in [0, 0.05) is 38.0 Å². The predicted molar refractivity (Wildman–Crippen MR) is 102 cm³/mol. The Morgan fingerprint density at radius 1 is 1.08 bits per heavy atom. The molecule has 0 spiro atoms. The quantitative estimate of drug-likeness (QED) is 0.639. The summed E-state index contributed by atoms with van der Waals surface area (Å²) < 4.78 is 1.74. The van der Waals surface area contributed by atoms with Crippen molar-refractivity contribution in [2.24, 2.45) is 0 Å². The molecule has 7 heteroatoms. The van der Waals surface area contributed by atoms with Crippen LogP contribution < -0.4 is 5.32 Å². The van der Waals surface area contributed by atoms with Gasteiger partial charge in [0.2, 0.25) is 0 Å². The minimum atomic E-state index is -0.253. The fourth-order valence-electron chi connectivity index (χ4n) is 2.35. The van der Waals surface area contributed by atoms with Crippen LogP contribution >= 0.6 is 34.8 Å². The summed E-state index contributed by atoms with van der Waals surface area (Å²) in [5.41, 5.74) is 2.17. The average molecular weight is 395 g/mol. The number of carbonyl (C=O) groups is 1. The van der Waals surface area contributed by atoms with Crippen molar-refractivity contribution in [1.82, 2.24) is 9.78 Å². The van der Waals surface area contributed by atoms with Gasteiger partial charge in [-0.05, 0) is 43.3 Å². The molecular formula is C18H14Cl3N3O. The Bertz CT molecular complexity index is 900. The van der Waals surface area contributed by atoms with Crippen molar-refractivity contribution in [1.29, 1.82) is 0 Å². The first kappa shape index (κ1) is 17.8. The van der Waals surface area contributed by atoms with E-state index in [2.05, 4.69) is 10.4 Å². The molecule has 0 fully saturated rings. The summed E-state index contributed by atoms with van der Waals surface area (Å²) in [5, 5.41) is 8.92. The zero-order chi connectivity index (χ0) is 18.0. The van der Waals surface area contributed by atoms with Gasteiger partial charge in [-0.3, -0.25) is 9.48 Å². The van der Waals surface area contributed by atoms with Crippen LogP contribution in [0.15, 0.2) is 48.5 Å². The van der Waals surface area contributed by atoms with E-state index in [1.807, 2.05) is 6.92 Å². The number of anilines is 1. The maximum atomic E-state index is 12.3. The summed E-state index contributed by atoms with van der Waals surface area (Å²) in [5.74, 6) is 0.206. The summed E-state index contributed by atoms with van der Waals surface area (Å²) in [6.07, 6.45) is 0. The number of carbonyl (C=O) groups excluding carboxylic acids is 1. The standard InChI is InChI=1S/C18H14Cl3N3O/c1-11-9-17(22-18(25)12-5-7-13(19)8-6-12)23-24(11)10-14-15(20)3-2-4-16(14)21/h2-9H,10H2,1H3,(H,22,23,25). The summed E-state index contributed by atoms with van der Waals surface area (Å²) in [7, 11) is 0. The molecule has 128 valence electrons. The molecule has 0 radical (unpaired) electrons. The van der Waals surface area contributed by atoms with Crippen LogP contribution in [-0.2, 0) is 6.54 Å². The molecule has 0 saturated heterocycles. The number of aryl methyl sites for hydroxylation is 1. The summed E-state index contributed by atoms with van der Waals surface area (Å²) in [6.45, 7) is 2.32. The summed E-state index contributed by atoms with van der Waals surface area (Å²) >= 11 is 18.3. The normalized spacial score (nSPS) is 10.7. The summed E-state index contributed by atoms with van der Waals surface area (Å²) in [6, 6.07) is 13.8. The lowest BCUT2D eigenvalue weighted by Gasteiger charge is -2.08. The average Bonchev–Trinajstić information content (AvgIpc) is 2.91. The van der Waals surface area contributed by atoms with Crippen molar-refractivity contribution in [3.05, 3.63) is 80.4 Å². The van der Waals surface area contributed by atoms with E-state index in [0.29, 0.717) is 33.0 Å². The molecule has 1 amide bonds. The van der Waals surface area contributed by atoms with E-state index < -0.39 is 0 Å². The molecule has 0 aliphatic rings. The van der Waals surface area contributed by atoms with Crippen LogP contribution in [-0.4, -0.2) is 15.7 Å². The van der Waals surface area contributed by atoms with Crippen LogP contribution in [0.1, 0.15) is 21.6 Å². The Kier molecular flexibility index (Phi) is 5.33. The highest BCUT2D eigenvalue weighted by Gasteiger charge is 2.12. The molecule has 3 rings (SSSR count). The van der Waals surface area contributed by atoms with Crippen LogP contribution in [0.4, 0.5) is 5.82 Å². The molecule has 4 nitrogen and oxygen atoms in total. The fourth-order valence-corrected chi connectivity index (χ4v) is 3.00. The van der Waals surface area contributed by atoms with Crippen molar-refractivity contribution >= 4 is 46.5 Å². The second kappa shape index (κ2) is 7.48. The van der Waals surface area contributed by atoms with Crippen LogP contribution in [0, 0.1) is 6.92 Å².